The molecule has 174 valence electrons. The van der Waals surface area contributed by atoms with Crippen LogP contribution in [0, 0.1) is 21.7 Å². The zero-order valence-electron chi connectivity index (χ0n) is 17.5. The van der Waals surface area contributed by atoms with E-state index in [0.717, 1.165) is 28.4 Å². The molecule has 1 atom stereocenters. The molecular formula is C24H13F2N3O5S. The number of carbonyl (C=O) groups is 2. The Morgan fingerprint density at radius 3 is 2.31 bits per heavy atom. The Labute approximate surface area is 199 Å². The predicted octanol–water partition coefficient (Wildman–Crippen LogP) is 5.11. The summed E-state index contributed by atoms with van der Waals surface area (Å²) in [6, 6.07) is 12.5. The SMILES string of the molecule is O=C1C(=O)N(c2nc3ccc(F)cc3s2)C(c2ccc([N+](=O)[O-])cc2)/C1=C(\O)c1ccc(F)cc1. The Kier molecular flexibility index (Phi) is 5.33. The molecule has 1 fully saturated rings. The first-order chi connectivity index (χ1) is 16.7. The lowest BCUT2D eigenvalue weighted by Gasteiger charge is -2.22. The van der Waals surface area contributed by atoms with Crippen LogP contribution in [0.1, 0.15) is 17.2 Å². The molecule has 1 amide bonds. The summed E-state index contributed by atoms with van der Waals surface area (Å²) in [5, 5.41) is 22.2. The number of benzene rings is 3. The van der Waals surface area contributed by atoms with Gasteiger partial charge in [0.15, 0.2) is 5.13 Å². The van der Waals surface area contributed by atoms with E-state index in [1.807, 2.05) is 0 Å². The van der Waals surface area contributed by atoms with E-state index in [1.54, 1.807) is 0 Å². The van der Waals surface area contributed by atoms with Gasteiger partial charge in [0.25, 0.3) is 11.5 Å². The summed E-state index contributed by atoms with van der Waals surface area (Å²) in [5.74, 6) is -3.60. The van der Waals surface area contributed by atoms with Crippen LogP contribution < -0.4 is 4.90 Å². The molecule has 0 spiro atoms. The van der Waals surface area contributed by atoms with Crippen LogP contribution in [-0.2, 0) is 9.59 Å². The molecule has 35 heavy (non-hydrogen) atoms. The molecule has 8 nitrogen and oxygen atoms in total. The van der Waals surface area contributed by atoms with Crippen LogP contribution in [-0.4, -0.2) is 26.7 Å². The number of anilines is 1. The lowest BCUT2D eigenvalue weighted by Crippen LogP contribution is -2.29. The standard InChI is InChI=1S/C24H13F2N3O5S/c25-14-5-1-13(2-6-14)21(30)19-20(12-3-8-16(9-4-12)29(33)34)28(23(32)22(19)31)24-27-17-10-7-15(26)11-18(17)35-24/h1-11,20,30H/b21-19+. The van der Waals surface area contributed by atoms with Crippen molar-refractivity contribution in [1.29, 1.82) is 0 Å². The Balaban J connectivity index is 1.72. The molecule has 3 aromatic carbocycles. The van der Waals surface area contributed by atoms with Gasteiger partial charge < -0.3 is 5.11 Å². The maximum Gasteiger partial charge on any atom is 0.301 e. The van der Waals surface area contributed by atoms with Crippen molar-refractivity contribution in [3.63, 3.8) is 0 Å². The summed E-state index contributed by atoms with van der Waals surface area (Å²) in [6.07, 6.45) is 0. The number of halogens is 2. The molecule has 0 aliphatic carbocycles. The number of nitro groups is 1. The second-order valence-electron chi connectivity index (χ2n) is 7.63. The minimum Gasteiger partial charge on any atom is -0.507 e. The first-order valence-electron chi connectivity index (χ1n) is 10.1. The first kappa shape index (κ1) is 22.3. The van der Waals surface area contributed by atoms with Gasteiger partial charge in [-0.05, 0) is 60.2 Å². The largest absolute Gasteiger partial charge is 0.507 e. The van der Waals surface area contributed by atoms with Gasteiger partial charge in [-0.1, -0.05) is 11.3 Å². The number of hydrogen-bond donors (Lipinski definition) is 1. The number of Topliss-reactive ketones (excluding diaryl/α,β-unsaturated/α-hetero) is 1. The van der Waals surface area contributed by atoms with E-state index in [-0.39, 0.29) is 22.0 Å². The molecule has 5 rings (SSSR count). The molecule has 1 saturated heterocycles. The molecule has 4 aromatic rings. The number of thiazole rings is 1. The van der Waals surface area contributed by atoms with Crippen molar-refractivity contribution in [3.05, 3.63) is 105 Å². The number of nitrogens with zero attached hydrogens (tertiary/aromatic N) is 3. The van der Waals surface area contributed by atoms with E-state index >= 15 is 0 Å². The Hall–Kier alpha value is -4.51. The number of carbonyl (C=O) groups excluding carboxylic acids is 2. The number of rotatable bonds is 4. The van der Waals surface area contributed by atoms with Crippen molar-refractivity contribution < 1.29 is 28.4 Å². The average Bonchev–Trinajstić information content (AvgIpc) is 3.37. The Morgan fingerprint density at radius 1 is 1.00 bits per heavy atom. The average molecular weight is 493 g/mol. The number of hydrogen-bond acceptors (Lipinski definition) is 7. The number of fused-ring (bicyclic) bond motifs is 1. The van der Waals surface area contributed by atoms with Gasteiger partial charge in [0, 0.05) is 17.7 Å². The number of aliphatic hydroxyl groups excluding tert-OH is 1. The van der Waals surface area contributed by atoms with Crippen molar-refractivity contribution >= 4 is 49.8 Å². The van der Waals surface area contributed by atoms with Crippen molar-refractivity contribution in [2.45, 2.75) is 6.04 Å². The molecule has 1 aromatic heterocycles. The summed E-state index contributed by atoms with van der Waals surface area (Å²) in [4.78, 5) is 42.2. The van der Waals surface area contributed by atoms with E-state index in [2.05, 4.69) is 4.98 Å². The fourth-order valence-corrected chi connectivity index (χ4v) is 4.89. The molecule has 0 radical (unpaired) electrons. The third-order valence-corrected chi connectivity index (χ3v) is 6.54. The number of non-ortho nitro benzene ring substituents is 1. The van der Waals surface area contributed by atoms with Gasteiger partial charge >= 0.3 is 5.91 Å². The van der Waals surface area contributed by atoms with Gasteiger partial charge in [0.2, 0.25) is 0 Å². The zero-order chi connectivity index (χ0) is 24.9. The second kappa shape index (κ2) is 8.37. The van der Waals surface area contributed by atoms with Gasteiger partial charge in [0.05, 0.1) is 26.8 Å². The smallest absolute Gasteiger partial charge is 0.301 e. The molecule has 2 heterocycles. The van der Waals surface area contributed by atoms with Gasteiger partial charge in [-0.3, -0.25) is 24.6 Å². The van der Waals surface area contributed by atoms with Crippen LogP contribution in [0.25, 0.3) is 16.0 Å². The summed E-state index contributed by atoms with van der Waals surface area (Å²) in [6.45, 7) is 0. The van der Waals surface area contributed by atoms with Crippen molar-refractivity contribution in [2.24, 2.45) is 0 Å². The van der Waals surface area contributed by atoms with Crippen molar-refractivity contribution in [2.75, 3.05) is 4.90 Å². The molecule has 1 unspecified atom stereocenters. The van der Waals surface area contributed by atoms with Gasteiger partial charge in [-0.15, -0.1) is 0 Å². The summed E-state index contributed by atoms with van der Waals surface area (Å²) in [7, 11) is 0. The second-order valence-corrected chi connectivity index (χ2v) is 8.64. The van der Waals surface area contributed by atoms with E-state index in [1.165, 1.54) is 54.6 Å². The minimum absolute atomic E-state index is 0.0780. The van der Waals surface area contributed by atoms with Crippen molar-refractivity contribution in [1.82, 2.24) is 4.98 Å². The molecule has 0 saturated carbocycles. The zero-order valence-corrected chi connectivity index (χ0v) is 18.3. The fourth-order valence-electron chi connectivity index (χ4n) is 3.88. The third kappa shape index (κ3) is 3.81. The van der Waals surface area contributed by atoms with Crippen LogP contribution in [0.2, 0.25) is 0 Å². The molecular weight excluding hydrogens is 480 g/mol. The van der Waals surface area contributed by atoms with Crippen LogP contribution in [0.4, 0.5) is 19.6 Å². The van der Waals surface area contributed by atoms with E-state index in [0.29, 0.717) is 15.8 Å². The number of ketones is 1. The summed E-state index contributed by atoms with van der Waals surface area (Å²) in [5.41, 5.74) is 0.293. The Morgan fingerprint density at radius 2 is 1.66 bits per heavy atom. The highest BCUT2D eigenvalue weighted by atomic mass is 32.1. The Bertz CT molecular complexity index is 1550. The van der Waals surface area contributed by atoms with E-state index in [9.17, 15) is 33.6 Å². The van der Waals surface area contributed by atoms with E-state index < -0.39 is 40.0 Å². The maximum atomic E-state index is 13.7. The third-order valence-electron chi connectivity index (χ3n) is 5.53. The highest BCUT2D eigenvalue weighted by Crippen LogP contribution is 2.44. The number of amides is 1. The molecule has 11 heteroatoms. The lowest BCUT2D eigenvalue weighted by atomic mass is 9.95. The van der Waals surface area contributed by atoms with E-state index in [4.69, 9.17) is 0 Å². The van der Waals surface area contributed by atoms with Gasteiger partial charge in [0.1, 0.15) is 17.4 Å². The molecule has 1 aliphatic rings. The molecule has 1 N–H and O–H groups in total. The summed E-state index contributed by atoms with van der Waals surface area (Å²) >= 11 is 0.972. The minimum atomic E-state index is -1.19. The number of aliphatic hydroxyl groups is 1. The molecule has 1 aliphatic heterocycles. The fraction of sp³-hybridized carbons (Fsp3) is 0.0417. The van der Waals surface area contributed by atoms with Crippen LogP contribution in [0.5, 0.6) is 0 Å². The topological polar surface area (TPSA) is 114 Å². The highest BCUT2D eigenvalue weighted by molar-refractivity contribution is 7.22. The van der Waals surface area contributed by atoms with Crippen LogP contribution >= 0.6 is 11.3 Å². The van der Waals surface area contributed by atoms with Gasteiger partial charge in [-0.2, -0.15) is 0 Å². The monoisotopic (exact) mass is 493 g/mol. The summed E-state index contributed by atoms with van der Waals surface area (Å²) < 4.78 is 27.6. The highest BCUT2D eigenvalue weighted by Gasteiger charge is 2.48. The maximum absolute atomic E-state index is 13.7. The predicted molar refractivity (Wildman–Crippen MR) is 124 cm³/mol. The quantitative estimate of drug-likeness (QED) is 0.139. The first-order valence-corrected chi connectivity index (χ1v) is 10.9. The molecule has 0 bridgehead atoms. The number of nitro benzene ring substituents is 1. The van der Waals surface area contributed by atoms with Gasteiger partial charge in [-0.25, -0.2) is 13.8 Å². The van der Waals surface area contributed by atoms with Crippen LogP contribution in [0.3, 0.4) is 0 Å². The number of aromatic nitrogens is 1. The van der Waals surface area contributed by atoms with Crippen molar-refractivity contribution in [3.8, 4) is 0 Å². The van der Waals surface area contributed by atoms with Crippen LogP contribution in [0.15, 0.2) is 72.3 Å². The lowest BCUT2D eigenvalue weighted by molar-refractivity contribution is -0.384. The normalized spacial score (nSPS) is 17.3.